The van der Waals surface area contributed by atoms with Crippen molar-refractivity contribution in [3.8, 4) is 0 Å². The molecule has 5 heteroatoms. The van der Waals surface area contributed by atoms with Crippen LogP contribution in [0.4, 0.5) is 0 Å². The molecule has 3 rings (SSSR count). The fraction of sp³-hybridized carbons (Fsp3) is 0.533. The summed E-state index contributed by atoms with van der Waals surface area (Å²) in [4.78, 5) is 14.7. The molecule has 0 saturated carbocycles. The zero-order valence-corrected chi connectivity index (χ0v) is 14.6. The molecule has 20 heavy (non-hydrogen) atoms. The normalized spacial score (nSPS) is 25.0. The number of halogens is 2. The van der Waals surface area contributed by atoms with Gasteiger partial charge in [0, 0.05) is 28.6 Å². The van der Waals surface area contributed by atoms with Gasteiger partial charge in [0.15, 0.2) is 0 Å². The second-order valence-corrected chi connectivity index (χ2v) is 6.92. The fourth-order valence-corrected chi connectivity index (χ4v) is 3.83. The third kappa shape index (κ3) is 2.83. The molecule has 1 aromatic carbocycles. The second kappa shape index (κ2) is 6.20. The molecule has 1 N–H and O–H groups in total. The molecule has 2 aliphatic rings. The maximum absolute atomic E-state index is 12.7. The predicted octanol–water partition coefficient (Wildman–Crippen LogP) is 2.85. The van der Waals surface area contributed by atoms with Crippen LogP contribution < -0.4 is 5.32 Å². The SMILES string of the molecule is Cc1cccc(C(=O)N2CCC3(CCNC3)C2)c1I.Cl. The van der Waals surface area contributed by atoms with E-state index in [1.165, 1.54) is 12.0 Å². The van der Waals surface area contributed by atoms with E-state index >= 15 is 0 Å². The number of amides is 1. The molecule has 0 aromatic heterocycles. The van der Waals surface area contributed by atoms with Crippen LogP contribution in [0, 0.1) is 15.9 Å². The number of carbonyl (C=O) groups is 1. The summed E-state index contributed by atoms with van der Waals surface area (Å²) >= 11 is 2.29. The molecule has 2 aliphatic heterocycles. The van der Waals surface area contributed by atoms with Crippen LogP contribution in [0.3, 0.4) is 0 Å². The standard InChI is InChI=1S/C15H19IN2O.ClH/c1-11-3-2-4-12(13(11)16)14(19)18-8-6-15(10-18)5-7-17-9-15;/h2-4,17H,5-10H2,1H3;1H. The number of likely N-dealkylation sites (tertiary alicyclic amines) is 1. The minimum absolute atomic E-state index is 0. The van der Waals surface area contributed by atoms with E-state index in [2.05, 4.69) is 40.9 Å². The molecule has 1 aromatic rings. The van der Waals surface area contributed by atoms with Gasteiger partial charge in [-0.05, 0) is 60.5 Å². The van der Waals surface area contributed by atoms with E-state index in [9.17, 15) is 4.79 Å². The van der Waals surface area contributed by atoms with Gasteiger partial charge in [-0.3, -0.25) is 4.79 Å². The molecule has 1 unspecified atom stereocenters. The van der Waals surface area contributed by atoms with Gasteiger partial charge in [0.05, 0.1) is 5.56 Å². The third-order valence-electron chi connectivity index (χ3n) is 4.48. The maximum atomic E-state index is 12.7. The van der Waals surface area contributed by atoms with E-state index in [0.717, 1.165) is 41.7 Å². The number of hydrogen-bond acceptors (Lipinski definition) is 2. The Morgan fingerprint density at radius 3 is 2.90 bits per heavy atom. The molecule has 110 valence electrons. The lowest BCUT2D eigenvalue weighted by atomic mass is 9.86. The number of rotatable bonds is 1. The van der Waals surface area contributed by atoms with Crippen molar-refractivity contribution in [3.63, 3.8) is 0 Å². The molecular weight excluding hydrogens is 387 g/mol. The highest BCUT2D eigenvalue weighted by Crippen LogP contribution is 2.36. The molecule has 0 bridgehead atoms. The minimum Gasteiger partial charge on any atom is -0.338 e. The first kappa shape index (κ1) is 16.0. The minimum atomic E-state index is 0. The Bertz CT molecular complexity index is 515. The van der Waals surface area contributed by atoms with Crippen molar-refractivity contribution < 1.29 is 4.79 Å². The molecule has 1 amide bonds. The molecule has 0 radical (unpaired) electrons. The Balaban J connectivity index is 0.00000147. The smallest absolute Gasteiger partial charge is 0.254 e. The number of carbonyl (C=O) groups excluding carboxylic acids is 1. The first-order valence-electron chi connectivity index (χ1n) is 6.86. The van der Waals surface area contributed by atoms with Crippen LogP contribution in [-0.4, -0.2) is 37.0 Å². The quantitative estimate of drug-likeness (QED) is 0.728. The van der Waals surface area contributed by atoms with E-state index in [4.69, 9.17) is 0 Å². The summed E-state index contributed by atoms with van der Waals surface area (Å²) in [6, 6.07) is 5.99. The fourth-order valence-electron chi connectivity index (χ4n) is 3.24. The lowest BCUT2D eigenvalue weighted by Crippen LogP contribution is -2.33. The van der Waals surface area contributed by atoms with Crippen molar-refractivity contribution in [1.29, 1.82) is 0 Å². The summed E-state index contributed by atoms with van der Waals surface area (Å²) < 4.78 is 1.09. The Labute approximate surface area is 140 Å². The lowest BCUT2D eigenvalue weighted by molar-refractivity contribution is 0.0774. The average molecular weight is 407 g/mol. The van der Waals surface area contributed by atoms with Gasteiger partial charge in [-0.25, -0.2) is 0 Å². The highest BCUT2D eigenvalue weighted by atomic mass is 127. The van der Waals surface area contributed by atoms with Crippen molar-refractivity contribution in [2.45, 2.75) is 19.8 Å². The number of nitrogens with one attached hydrogen (secondary N) is 1. The summed E-state index contributed by atoms with van der Waals surface area (Å²) in [6.07, 6.45) is 2.36. The zero-order valence-electron chi connectivity index (χ0n) is 11.6. The van der Waals surface area contributed by atoms with E-state index in [-0.39, 0.29) is 18.3 Å². The summed E-state index contributed by atoms with van der Waals surface area (Å²) in [5.41, 5.74) is 2.40. The zero-order chi connectivity index (χ0) is 13.5. The van der Waals surface area contributed by atoms with E-state index < -0.39 is 0 Å². The second-order valence-electron chi connectivity index (χ2n) is 5.84. The summed E-state index contributed by atoms with van der Waals surface area (Å²) in [5, 5.41) is 3.44. The van der Waals surface area contributed by atoms with Crippen molar-refractivity contribution in [2.24, 2.45) is 5.41 Å². The van der Waals surface area contributed by atoms with Gasteiger partial charge < -0.3 is 10.2 Å². The first-order chi connectivity index (χ1) is 9.11. The highest BCUT2D eigenvalue weighted by molar-refractivity contribution is 14.1. The Morgan fingerprint density at radius 1 is 1.40 bits per heavy atom. The van der Waals surface area contributed by atoms with Gasteiger partial charge in [0.1, 0.15) is 0 Å². The van der Waals surface area contributed by atoms with Crippen LogP contribution in [0.2, 0.25) is 0 Å². The molecule has 2 heterocycles. The molecular formula is C15H20ClIN2O. The van der Waals surface area contributed by atoms with Crippen molar-refractivity contribution >= 4 is 40.9 Å². The van der Waals surface area contributed by atoms with Gasteiger partial charge in [0.25, 0.3) is 5.91 Å². The monoisotopic (exact) mass is 406 g/mol. The Kier molecular flexibility index (Phi) is 4.97. The molecule has 3 nitrogen and oxygen atoms in total. The van der Waals surface area contributed by atoms with Gasteiger partial charge in [-0.1, -0.05) is 12.1 Å². The summed E-state index contributed by atoms with van der Waals surface area (Å²) in [5.74, 6) is 0.205. The molecule has 1 atom stereocenters. The topological polar surface area (TPSA) is 32.3 Å². The predicted molar refractivity (Wildman–Crippen MR) is 91.6 cm³/mol. The van der Waals surface area contributed by atoms with Gasteiger partial charge in [-0.2, -0.15) is 0 Å². The molecule has 0 aliphatic carbocycles. The van der Waals surface area contributed by atoms with Crippen LogP contribution in [0.1, 0.15) is 28.8 Å². The van der Waals surface area contributed by atoms with Crippen molar-refractivity contribution in [2.75, 3.05) is 26.2 Å². The Morgan fingerprint density at radius 2 is 2.20 bits per heavy atom. The van der Waals surface area contributed by atoms with Crippen LogP contribution >= 0.6 is 35.0 Å². The van der Waals surface area contributed by atoms with Crippen LogP contribution in [0.25, 0.3) is 0 Å². The van der Waals surface area contributed by atoms with E-state index in [0.29, 0.717) is 5.41 Å². The highest BCUT2D eigenvalue weighted by Gasteiger charge is 2.42. The Hall–Kier alpha value is -0.330. The summed E-state index contributed by atoms with van der Waals surface area (Å²) in [7, 11) is 0. The van der Waals surface area contributed by atoms with Gasteiger partial charge in [0.2, 0.25) is 0 Å². The maximum Gasteiger partial charge on any atom is 0.254 e. The molecule has 2 fully saturated rings. The van der Waals surface area contributed by atoms with Gasteiger partial charge in [-0.15, -0.1) is 12.4 Å². The average Bonchev–Trinajstić information content (AvgIpc) is 3.03. The van der Waals surface area contributed by atoms with E-state index in [1.54, 1.807) is 0 Å². The van der Waals surface area contributed by atoms with Crippen molar-refractivity contribution in [3.05, 3.63) is 32.9 Å². The largest absolute Gasteiger partial charge is 0.338 e. The van der Waals surface area contributed by atoms with Crippen LogP contribution in [0.15, 0.2) is 18.2 Å². The van der Waals surface area contributed by atoms with Crippen LogP contribution in [-0.2, 0) is 0 Å². The third-order valence-corrected chi connectivity index (χ3v) is 5.91. The number of nitrogens with zero attached hydrogens (tertiary/aromatic N) is 1. The van der Waals surface area contributed by atoms with Crippen LogP contribution in [0.5, 0.6) is 0 Å². The van der Waals surface area contributed by atoms with E-state index in [1.807, 2.05) is 17.0 Å². The number of benzene rings is 1. The lowest BCUT2D eigenvalue weighted by Gasteiger charge is -2.23. The number of hydrogen-bond donors (Lipinski definition) is 1. The molecule has 2 saturated heterocycles. The van der Waals surface area contributed by atoms with Crippen molar-refractivity contribution in [1.82, 2.24) is 10.2 Å². The molecule has 1 spiro atoms. The summed E-state index contributed by atoms with van der Waals surface area (Å²) in [6.45, 7) is 6.06. The van der Waals surface area contributed by atoms with Gasteiger partial charge >= 0.3 is 0 Å². The first-order valence-corrected chi connectivity index (χ1v) is 7.94. The number of aryl methyl sites for hydroxylation is 1.